The van der Waals surface area contributed by atoms with Crippen molar-refractivity contribution in [3.05, 3.63) is 29.3 Å². The molecule has 5 nitrogen and oxygen atoms in total. The van der Waals surface area contributed by atoms with Gasteiger partial charge in [-0.05, 0) is 44.9 Å². The molecule has 1 aromatic carbocycles. The predicted molar refractivity (Wildman–Crippen MR) is 106 cm³/mol. The molecule has 0 aliphatic carbocycles. The van der Waals surface area contributed by atoms with Gasteiger partial charge in [-0.3, -0.25) is 9.59 Å². The summed E-state index contributed by atoms with van der Waals surface area (Å²) in [4.78, 5) is 25.8. The molecule has 0 spiro atoms. The van der Waals surface area contributed by atoms with Gasteiger partial charge in [0.1, 0.15) is 4.32 Å². The molecule has 1 rings (SSSR count). The Balaban J connectivity index is 2.37. The van der Waals surface area contributed by atoms with E-state index in [0.717, 1.165) is 29.9 Å². The molecule has 0 fully saturated rings. The number of amides is 2. The summed E-state index contributed by atoms with van der Waals surface area (Å²) < 4.78 is 0.704. The number of carbonyl (C=O) groups excluding carboxylic acids is 2. The largest absolute Gasteiger partial charge is 0.358 e. The Kier molecular flexibility index (Phi) is 8.78. The van der Waals surface area contributed by atoms with Crippen LogP contribution in [0.2, 0.25) is 0 Å². The number of aryl methyl sites for hydroxylation is 1. The second-order valence-electron chi connectivity index (χ2n) is 5.30. The monoisotopic (exact) mass is 367 g/mol. The first-order valence-electron chi connectivity index (χ1n) is 7.93. The average Bonchev–Trinajstić information content (AvgIpc) is 2.56. The first-order valence-corrected chi connectivity index (χ1v) is 9.32. The molecule has 0 unspecified atom stereocenters. The van der Waals surface area contributed by atoms with E-state index < -0.39 is 0 Å². The molecule has 24 heavy (non-hydrogen) atoms. The molecule has 2 amide bonds. The maximum atomic E-state index is 12.0. The average molecular weight is 368 g/mol. The van der Waals surface area contributed by atoms with E-state index in [2.05, 4.69) is 10.6 Å². The van der Waals surface area contributed by atoms with Crippen molar-refractivity contribution >= 4 is 45.8 Å². The minimum atomic E-state index is -0.242. The number of thioether (sulfide) groups is 1. The topological polar surface area (TPSA) is 61.4 Å². The summed E-state index contributed by atoms with van der Waals surface area (Å²) in [5.74, 6) is -0.231. The van der Waals surface area contributed by atoms with Crippen LogP contribution >= 0.6 is 24.0 Å². The van der Waals surface area contributed by atoms with E-state index in [1.165, 1.54) is 11.8 Å². The first kappa shape index (κ1) is 20.4. The molecular formula is C17H25N3O2S2. The fourth-order valence-electron chi connectivity index (χ4n) is 2.01. The van der Waals surface area contributed by atoms with Crippen molar-refractivity contribution in [1.29, 1.82) is 0 Å². The number of rotatable bonds is 7. The number of anilines is 1. The van der Waals surface area contributed by atoms with Gasteiger partial charge in [0.2, 0.25) is 11.8 Å². The van der Waals surface area contributed by atoms with E-state index in [0.29, 0.717) is 4.32 Å². The summed E-state index contributed by atoms with van der Waals surface area (Å²) >= 11 is 6.59. The molecule has 0 aromatic heterocycles. The Bertz CT molecular complexity index is 601. The molecule has 0 aliphatic heterocycles. The molecule has 0 aliphatic rings. The highest BCUT2D eigenvalue weighted by molar-refractivity contribution is 8.23. The van der Waals surface area contributed by atoms with Crippen molar-refractivity contribution in [1.82, 2.24) is 10.2 Å². The Labute approximate surface area is 153 Å². The fourth-order valence-corrected chi connectivity index (χ4v) is 3.24. The third kappa shape index (κ3) is 6.49. The van der Waals surface area contributed by atoms with Gasteiger partial charge in [-0.2, -0.15) is 0 Å². The quantitative estimate of drug-likeness (QED) is 0.726. The second-order valence-corrected chi connectivity index (χ2v) is 6.91. The predicted octanol–water partition coefficient (Wildman–Crippen LogP) is 2.72. The zero-order chi connectivity index (χ0) is 18.1. The van der Waals surface area contributed by atoms with Crippen LogP contribution in [0.15, 0.2) is 18.2 Å². The normalized spacial score (nSPS) is 10.2. The molecule has 1 aromatic rings. The zero-order valence-electron chi connectivity index (χ0n) is 14.6. The summed E-state index contributed by atoms with van der Waals surface area (Å²) in [7, 11) is 0. The lowest BCUT2D eigenvalue weighted by Gasteiger charge is -2.20. The van der Waals surface area contributed by atoms with Crippen LogP contribution < -0.4 is 10.6 Å². The van der Waals surface area contributed by atoms with Crippen LogP contribution in [0.3, 0.4) is 0 Å². The van der Waals surface area contributed by atoms with Gasteiger partial charge in [-0.1, -0.05) is 36.1 Å². The highest BCUT2D eigenvalue weighted by atomic mass is 32.2. The molecule has 0 bridgehead atoms. The van der Waals surface area contributed by atoms with E-state index in [4.69, 9.17) is 12.2 Å². The number of hydrogen-bond acceptors (Lipinski definition) is 4. The maximum Gasteiger partial charge on any atom is 0.243 e. The van der Waals surface area contributed by atoms with Gasteiger partial charge in [-0.25, -0.2) is 0 Å². The van der Waals surface area contributed by atoms with E-state index in [1.54, 1.807) is 0 Å². The summed E-state index contributed by atoms with van der Waals surface area (Å²) in [6.45, 7) is 9.58. The van der Waals surface area contributed by atoms with Crippen LogP contribution in [0.4, 0.5) is 5.69 Å². The Hall–Kier alpha value is -1.60. The van der Waals surface area contributed by atoms with Crippen LogP contribution in [0.25, 0.3) is 0 Å². The van der Waals surface area contributed by atoms with Crippen molar-refractivity contribution in [2.24, 2.45) is 0 Å². The highest BCUT2D eigenvalue weighted by Crippen LogP contribution is 2.17. The molecule has 0 heterocycles. The van der Waals surface area contributed by atoms with Gasteiger partial charge in [0.25, 0.3) is 0 Å². The Morgan fingerprint density at radius 3 is 2.46 bits per heavy atom. The summed E-state index contributed by atoms with van der Waals surface area (Å²) in [5, 5.41) is 5.43. The zero-order valence-corrected chi connectivity index (χ0v) is 16.3. The Morgan fingerprint density at radius 2 is 1.83 bits per heavy atom. The third-order valence-electron chi connectivity index (χ3n) is 3.67. The molecule has 2 N–H and O–H groups in total. The van der Waals surface area contributed by atoms with E-state index >= 15 is 0 Å². The summed E-state index contributed by atoms with van der Waals surface area (Å²) in [6, 6.07) is 5.73. The van der Waals surface area contributed by atoms with Crippen molar-refractivity contribution < 1.29 is 9.59 Å². The molecule has 7 heteroatoms. The minimum Gasteiger partial charge on any atom is -0.358 e. The van der Waals surface area contributed by atoms with Crippen molar-refractivity contribution in [3.8, 4) is 0 Å². The number of hydrogen-bond donors (Lipinski definition) is 2. The van der Waals surface area contributed by atoms with Crippen LogP contribution in [-0.2, 0) is 9.59 Å². The van der Waals surface area contributed by atoms with Gasteiger partial charge in [0.15, 0.2) is 0 Å². The van der Waals surface area contributed by atoms with Crippen LogP contribution in [-0.4, -0.2) is 46.4 Å². The van der Waals surface area contributed by atoms with Gasteiger partial charge < -0.3 is 15.5 Å². The maximum absolute atomic E-state index is 12.0. The van der Waals surface area contributed by atoms with E-state index in [-0.39, 0.29) is 24.1 Å². The summed E-state index contributed by atoms with van der Waals surface area (Å²) in [6.07, 6.45) is 0. The van der Waals surface area contributed by atoms with Crippen LogP contribution in [0.5, 0.6) is 0 Å². The molecule has 132 valence electrons. The number of carbonyl (C=O) groups is 2. The van der Waals surface area contributed by atoms with E-state index in [1.807, 2.05) is 50.8 Å². The highest BCUT2D eigenvalue weighted by Gasteiger charge is 2.11. The number of benzene rings is 1. The Morgan fingerprint density at radius 1 is 1.17 bits per heavy atom. The second kappa shape index (κ2) is 10.3. The molecule has 0 saturated carbocycles. The van der Waals surface area contributed by atoms with Gasteiger partial charge in [0, 0.05) is 18.8 Å². The van der Waals surface area contributed by atoms with Crippen LogP contribution in [0, 0.1) is 13.8 Å². The molecule has 0 radical (unpaired) electrons. The van der Waals surface area contributed by atoms with Crippen LogP contribution in [0.1, 0.15) is 25.0 Å². The first-order chi connectivity index (χ1) is 11.4. The molecule has 0 atom stereocenters. The van der Waals surface area contributed by atoms with Gasteiger partial charge >= 0.3 is 0 Å². The third-order valence-corrected chi connectivity index (χ3v) is 5.20. The van der Waals surface area contributed by atoms with Gasteiger partial charge in [-0.15, -0.1) is 0 Å². The molecule has 0 saturated heterocycles. The molecular weight excluding hydrogens is 342 g/mol. The minimum absolute atomic E-state index is 0.0508. The summed E-state index contributed by atoms with van der Waals surface area (Å²) in [5.41, 5.74) is 2.90. The lowest BCUT2D eigenvalue weighted by molar-refractivity contribution is -0.122. The number of thiocarbonyl (C=S) groups is 1. The lowest BCUT2D eigenvalue weighted by Crippen LogP contribution is -2.35. The number of nitrogens with zero attached hydrogens (tertiary/aromatic N) is 1. The van der Waals surface area contributed by atoms with E-state index in [9.17, 15) is 9.59 Å². The number of nitrogens with one attached hydrogen (secondary N) is 2. The standard InChI is InChI=1S/C17H25N3O2S2/c1-5-20(6-2)17(23)24-11-16(22)18-10-15(21)19-14-9-7-8-12(3)13(14)4/h7-9H,5-6,10-11H2,1-4H3,(H,18,22)(H,19,21). The van der Waals surface area contributed by atoms with Crippen molar-refractivity contribution in [3.63, 3.8) is 0 Å². The smallest absolute Gasteiger partial charge is 0.243 e. The lowest BCUT2D eigenvalue weighted by atomic mass is 10.1. The SMILES string of the molecule is CCN(CC)C(=S)SCC(=O)NCC(=O)Nc1cccc(C)c1C. The fraction of sp³-hybridized carbons (Fsp3) is 0.471. The van der Waals surface area contributed by atoms with Crippen molar-refractivity contribution in [2.45, 2.75) is 27.7 Å². The van der Waals surface area contributed by atoms with Crippen molar-refractivity contribution in [2.75, 3.05) is 30.7 Å². The van der Waals surface area contributed by atoms with Gasteiger partial charge in [0.05, 0.1) is 12.3 Å².